The van der Waals surface area contributed by atoms with Gasteiger partial charge in [-0.05, 0) is 36.4 Å². The van der Waals surface area contributed by atoms with Crippen molar-refractivity contribution >= 4 is 22.8 Å². The summed E-state index contributed by atoms with van der Waals surface area (Å²) in [5.41, 5.74) is 2.55. The number of aromatic amines is 1. The summed E-state index contributed by atoms with van der Waals surface area (Å²) < 4.78 is 13.3. The summed E-state index contributed by atoms with van der Waals surface area (Å²) in [4.78, 5) is 35.7. The molecule has 1 aliphatic heterocycles. The van der Waals surface area contributed by atoms with Gasteiger partial charge in [0.15, 0.2) is 0 Å². The number of benzene rings is 2. The Balaban J connectivity index is 1.42. The number of carbonyl (C=O) groups excluding carboxylic acids is 2. The fourth-order valence-electron chi connectivity index (χ4n) is 3.17. The van der Waals surface area contributed by atoms with Gasteiger partial charge in [-0.1, -0.05) is 6.07 Å². The third-order valence-corrected chi connectivity index (χ3v) is 4.59. The van der Waals surface area contributed by atoms with Crippen LogP contribution in [0, 0.1) is 5.82 Å². The van der Waals surface area contributed by atoms with Gasteiger partial charge >= 0.3 is 0 Å². The summed E-state index contributed by atoms with van der Waals surface area (Å²) in [7, 11) is 0. The van der Waals surface area contributed by atoms with Crippen molar-refractivity contribution < 1.29 is 14.0 Å². The van der Waals surface area contributed by atoms with Crippen LogP contribution in [0.15, 0.2) is 48.8 Å². The van der Waals surface area contributed by atoms with Crippen LogP contribution in [-0.4, -0.2) is 57.8 Å². The van der Waals surface area contributed by atoms with Crippen molar-refractivity contribution in [3.8, 4) is 0 Å². The molecule has 4 rings (SSSR count). The van der Waals surface area contributed by atoms with E-state index in [2.05, 4.69) is 9.97 Å². The number of hydrogen-bond acceptors (Lipinski definition) is 3. The van der Waals surface area contributed by atoms with Gasteiger partial charge in [0.05, 0.1) is 17.4 Å². The first-order valence-corrected chi connectivity index (χ1v) is 8.39. The number of fused-ring (bicyclic) bond motifs is 1. The van der Waals surface area contributed by atoms with Crippen LogP contribution in [0.5, 0.6) is 0 Å². The summed E-state index contributed by atoms with van der Waals surface area (Å²) in [6.45, 7) is 1.74. The second-order valence-corrected chi connectivity index (χ2v) is 6.23. The Morgan fingerprint density at radius 3 is 2.23 bits per heavy atom. The molecule has 7 heteroatoms. The maximum Gasteiger partial charge on any atom is 0.254 e. The molecule has 3 aromatic rings. The number of halogens is 1. The van der Waals surface area contributed by atoms with Crippen molar-refractivity contribution in [3.63, 3.8) is 0 Å². The van der Waals surface area contributed by atoms with Crippen LogP contribution in [0.2, 0.25) is 0 Å². The van der Waals surface area contributed by atoms with Crippen LogP contribution in [0.1, 0.15) is 20.7 Å². The largest absolute Gasteiger partial charge is 0.345 e. The lowest BCUT2D eigenvalue weighted by molar-refractivity contribution is 0.0535. The van der Waals surface area contributed by atoms with Crippen molar-refractivity contribution in [1.29, 1.82) is 0 Å². The van der Waals surface area contributed by atoms with E-state index in [0.717, 1.165) is 11.0 Å². The minimum Gasteiger partial charge on any atom is -0.345 e. The normalized spacial score (nSPS) is 14.7. The van der Waals surface area contributed by atoms with E-state index in [1.165, 1.54) is 18.2 Å². The Kier molecular flexibility index (Phi) is 4.12. The highest BCUT2D eigenvalue weighted by molar-refractivity contribution is 5.98. The van der Waals surface area contributed by atoms with E-state index in [9.17, 15) is 14.0 Å². The molecule has 26 heavy (non-hydrogen) atoms. The predicted molar refractivity (Wildman–Crippen MR) is 94.3 cm³/mol. The van der Waals surface area contributed by atoms with E-state index in [4.69, 9.17) is 0 Å². The number of rotatable bonds is 2. The lowest BCUT2D eigenvalue weighted by Gasteiger charge is -2.34. The minimum atomic E-state index is -0.432. The van der Waals surface area contributed by atoms with Gasteiger partial charge in [-0.3, -0.25) is 9.59 Å². The molecule has 1 saturated heterocycles. The summed E-state index contributed by atoms with van der Waals surface area (Å²) in [6.07, 6.45) is 1.59. The lowest BCUT2D eigenvalue weighted by Crippen LogP contribution is -2.50. The lowest BCUT2D eigenvalue weighted by atomic mass is 10.1. The molecule has 0 aliphatic carbocycles. The molecule has 0 atom stereocenters. The van der Waals surface area contributed by atoms with Gasteiger partial charge in [-0.2, -0.15) is 0 Å². The van der Waals surface area contributed by atoms with Crippen LogP contribution < -0.4 is 0 Å². The average Bonchev–Trinajstić information content (AvgIpc) is 3.15. The van der Waals surface area contributed by atoms with E-state index in [0.29, 0.717) is 37.3 Å². The molecule has 0 spiro atoms. The molecule has 0 bridgehead atoms. The minimum absolute atomic E-state index is 0.0700. The van der Waals surface area contributed by atoms with Crippen molar-refractivity contribution in [2.45, 2.75) is 0 Å². The average molecular weight is 352 g/mol. The number of amides is 2. The van der Waals surface area contributed by atoms with Crippen LogP contribution in [-0.2, 0) is 0 Å². The van der Waals surface area contributed by atoms with E-state index in [1.54, 1.807) is 34.3 Å². The molecule has 0 unspecified atom stereocenters. The van der Waals surface area contributed by atoms with Crippen molar-refractivity contribution in [2.75, 3.05) is 26.2 Å². The number of hydrogen-bond donors (Lipinski definition) is 1. The zero-order valence-corrected chi connectivity index (χ0v) is 14.0. The Morgan fingerprint density at radius 1 is 0.923 bits per heavy atom. The van der Waals surface area contributed by atoms with Gasteiger partial charge < -0.3 is 14.8 Å². The summed E-state index contributed by atoms with van der Waals surface area (Å²) in [5, 5.41) is 0. The Labute approximate surface area is 149 Å². The second kappa shape index (κ2) is 6.59. The molecular formula is C19H17FN4O2. The zero-order chi connectivity index (χ0) is 18.1. The summed E-state index contributed by atoms with van der Waals surface area (Å²) in [5.74, 6) is -0.714. The van der Waals surface area contributed by atoms with Crippen molar-refractivity contribution in [1.82, 2.24) is 19.8 Å². The van der Waals surface area contributed by atoms with Crippen LogP contribution >= 0.6 is 0 Å². The Morgan fingerprint density at radius 2 is 1.58 bits per heavy atom. The maximum atomic E-state index is 13.3. The monoisotopic (exact) mass is 352 g/mol. The molecule has 2 heterocycles. The number of piperazine rings is 1. The first-order chi connectivity index (χ1) is 12.6. The van der Waals surface area contributed by atoms with Crippen molar-refractivity contribution in [3.05, 3.63) is 65.7 Å². The standard InChI is InChI=1S/C19H17FN4O2/c20-15-3-1-2-13(10-15)18(25)23-6-8-24(9-7-23)19(26)14-4-5-16-17(11-14)22-12-21-16/h1-5,10-12H,6-9H2,(H,21,22). The molecule has 2 aromatic carbocycles. The third kappa shape index (κ3) is 3.03. The molecular weight excluding hydrogens is 335 g/mol. The maximum absolute atomic E-state index is 13.3. The highest BCUT2D eigenvalue weighted by Gasteiger charge is 2.25. The summed E-state index contributed by atoms with van der Waals surface area (Å²) in [6, 6.07) is 11.0. The van der Waals surface area contributed by atoms with E-state index in [-0.39, 0.29) is 11.8 Å². The Hall–Kier alpha value is -3.22. The first-order valence-electron chi connectivity index (χ1n) is 8.39. The number of imidazole rings is 1. The number of aromatic nitrogens is 2. The highest BCUT2D eigenvalue weighted by atomic mass is 19.1. The molecule has 0 radical (unpaired) electrons. The topological polar surface area (TPSA) is 69.3 Å². The molecule has 1 fully saturated rings. The predicted octanol–water partition coefficient (Wildman–Crippen LogP) is 2.30. The van der Waals surface area contributed by atoms with Crippen LogP contribution in [0.3, 0.4) is 0 Å². The number of carbonyl (C=O) groups is 2. The van der Waals surface area contributed by atoms with Gasteiger partial charge in [0.2, 0.25) is 0 Å². The number of H-pyrrole nitrogens is 1. The molecule has 1 aromatic heterocycles. The molecule has 6 nitrogen and oxygen atoms in total. The molecule has 132 valence electrons. The van der Waals surface area contributed by atoms with Gasteiger partial charge in [-0.25, -0.2) is 9.37 Å². The quantitative estimate of drug-likeness (QED) is 0.769. The summed E-state index contributed by atoms with van der Waals surface area (Å²) >= 11 is 0. The second-order valence-electron chi connectivity index (χ2n) is 6.23. The number of nitrogens with one attached hydrogen (secondary N) is 1. The number of nitrogens with zero attached hydrogens (tertiary/aromatic N) is 3. The molecule has 2 amide bonds. The Bertz CT molecular complexity index is 976. The fraction of sp³-hybridized carbons (Fsp3) is 0.211. The van der Waals surface area contributed by atoms with Gasteiger partial charge in [0.25, 0.3) is 11.8 Å². The van der Waals surface area contributed by atoms with E-state index < -0.39 is 5.82 Å². The van der Waals surface area contributed by atoms with Gasteiger partial charge in [0, 0.05) is 37.3 Å². The van der Waals surface area contributed by atoms with Crippen LogP contribution in [0.25, 0.3) is 11.0 Å². The van der Waals surface area contributed by atoms with Crippen LogP contribution in [0.4, 0.5) is 4.39 Å². The van der Waals surface area contributed by atoms with Gasteiger partial charge in [-0.15, -0.1) is 0 Å². The molecule has 1 aliphatic rings. The van der Waals surface area contributed by atoms with E-state index >= 15 is 0 Å². The SMILES string of the molecule is O=C(c1cccc(F)c1)N1CCN(C(=O)c2ccc3nc[nH]c3c2)CC1. The molecule has 1 N–H and O–H groups in total. The first kappa shape index (κ1) is 16.3. The highest BCUT2D eigenvalue weighted by Crippen LogP contribution is 2.16. The zero-order valence-electron chi connectivity index (χ0n) is 14.0. The molecule has 0 saturated carbocycles. The smallest absolute Gasteiger partial charge is 0.254 e. The van der Waals surface area contributed by atoms with E-state index in [1.807, 2.05) is 6.07 Å². The fourth-order valence-corrected chi connectivity index (χ4v) is 3.17. The third-order valence-electron chi connectivity index (χ3n) is 4.59. The van der Waals surface area contributed by atoms with Gasteiger partial charge in [0.1, 0.15) is 5.82 Å². The van der Waals surface area contributed by atoms with Crippen molar-refractivity contribution in [2.24, 2.45) is 0 Å².